The number of hydrogen-bond donors (Lipinski definition) is 1. The van der Waals surface area contributed by atoms with E-state index in [-0.39, 0.29) is 22.1 Å². The topological polar surface area (TPSA) is 99.1 Å². The number of sulfonamides is 1. The van der Waals surface area contributed by atoms with Crippen molar-refractivity contribution in [1.29, 1.82) is 0 Å². The summed E-state index contributed by atoms with van der Waals surface area (Å²) in [6.07, 6.45) is 1.72. The maximum Gasteiger partial charge on any atom is 0.271 e. The molecule has 0 unspecified atom stereocenters. The third kappa shape index (κ3) is 4.43. The van der Waals surface area contributed by atoms with E-state index in [9.17, 15) is 18.0 Å². The zero-order chi connectivity index (χ0) is 22.9. The van der Waals surface area contributed by atoms with Crippen molar-refractivity contribution in [2.75, 3.05) is 23.7 Å². The summed E-state index contributed by atoms with van der Waals surface area (Å²) in [5.74, 6) is -0.345. The maximum atomic E-state index is 12.6. The highest BCUT2D eigenvalue weighted by Crippen LogP contribution is 2.30. The molecule has 0 bridgehead atoms. The van der Waals surface area contributed by atoms with E-state index in [1.165, 1.54) is 45.2 Å². The minimum absolute atomic E-state index is 0.104. The largest absolute Gasteiger partial charge is 0.273 e. The van der Waals surface area contributed by atoms with Crippen molar-refractivity contribution in [3.05, 3.63) is 59.2 Å². The fourth-order valence-corrected chi connectivity index (χ4v) is 6.00. The number of benzene rings is 2. The zero-order valence-corrected chi connectivity index (χ0v) is 19.5. The molecule has 168 valence electrons. The molecule has 2 fully saturated rings. The lowest BCUT2D eigenvalue weighted by atomic mass is 10.1. The second-order valence-electron chi connectivity index (χ2n) is 7.78. The minimum Gasteiger partial charge on any atom is -0.273 e. The van der Waals surface area contributed by atoms with Gasteiger partial charge in [-0.25, -0.2) is 13.8 Å². The van der Waals surface area contributed by atoms with E-state index in [0.717, 1.165) is 29.7 Å². The first kappa shape index (κ1) is 22.5. The molecule has 2 amide bonds. The van der Waals surface area contributed by atoms with E-state index in [4.69, 9.17) is 0 Å². The first-order valence-corrected chi connectivity index (χ1v) is 12.7. The third-order valence-electron chi connectivity index (χ3n) is 5.44. The minimum atomic E-state index is -3.53. The second-order valence-corrected chi connectivity index (χ2v) is 10.7. The average molecular weight is 473 g/mol. The summed E-state index contributed by atoms with van der Waals surface area (Å²) in [6, 6.07) is 11.6. The van der Waals surface area contributed by atoms with Gasteiger partial charge in [-0.3, -0.25) is 14.5 Å². The lowest BCUT2D eigenvalue weighted by Gasteiger charge is -2.19. The van der Waals surface area contributed by atoms with Gasteiger partial charge < -0.3 is 0 Å². The van der Waals surface area contributed by atoms with Gasteiger partial charge in [0.2, 0.25) is 15.9 Å². The Morgan fingerprint density at radius 1 is 1.06 bits per heavy atom. The molecule has 2 heterocycles. The molecule has 10 heteroatoms. The Bertz CT molecular complexity index is 1190. The molecule has 0 spiro atoms. The van der Waals surface area contributed by atoms with E-state index in [1.807, 2.05) is 32.0 Å². The first-order valence-electron chi connectivity index (χ1n) is 10.3. The molecule has 32 heavy (non-hydrogen) atoms. The van der Waals surface area contributed by atoms with E-state index in [1.54, 1.807) is 0 Å². The van der Waals surface area contributed by atoms with E-state index >= 15 is 0 Å². The maximum absolute atomic E-state index is 12.6. The fraction of sp³-hybridized carbons (Fsp3) is 0.318. The molecular formula is C22H24N4O4S2. The number of nitrogens with zero attached hydrogens (tertiary/aromatic N) is 3. The Morgan fingerprint density at radius 3 is 2.44 bits per heavy atom. The van der Waals surface area contributed by atoms with Crippen molar-refractivity contribution >= 4 is 44.5 Å². The van der Waals surface area contributed by atoms with Crippen molar-refractivity contribution in [1.82, 2.24) is 9.73 Å². The number of amides is 2. The number of thioether (sulfide) groups is 1. The fourth-order valence-electron chi connectivity index (χ4n) is 3.66. The van der Waals surface area contributed by atoms with Crippen LogP contribution in [-0.2, 0) is 14.8 Å². The Hall–Kier alpha value is -2.69. The van der Waals surface area contributed by atoms with Gasteiger partial charge in [0.05, 0.1) is 16.3 Å². The predicted octanol–water partition coefficient (Wildman–Crippen LogP) is 2.87. The van der Waals surface area contributed by atoms with Crippen molar-refractivity contribution in [2.45, 2.75) is 31.6 Å². The van der Waals surface area contributed by atoms with Gasteiger partial charge in [0, 0.05) is 18.7 Å². The molecular weight excluding hydrogens is 448 g/mol. The Morgan fingerprint density at radius 2 is 1.75 bits per heavy atom. The summed E-state index contributed by atoms with van der Waals surface area (Å²) in [6.45, 7) is 4.91. The van der Waals surface area contributed by atoms with E-state index < -0.39 is 15.9 Å². The van der Waals surface area contributed by atoms with Crippen LogP contribution < -0.4 is 10.3 Å². The van der Waals surface area contributed by atoms with Crippen LogP contribution in [0.15, 0.2) is 52.5 Å². The van der Waals surface area contributed by atoms with Gasteiger partial charge in [-0.15, -0.1) is 5.10 Å². The number of rotatable bonds is 5. The predicted molar refractivity (Wildman–Crippen MR) is 125 cm³/mol. The van der Waals surface area contributed by atoms with Crippen LogP contribution in [0.25, 0.3) is 0 Å². The molecule has 0 saturated carbocycles. The number of carbonyl (C=O) groups excluding carboxylic acids is 2. The molecule has 2 aromatic carbocycles. The smallest absolute Gasteiger partial charge is 0.271 e. The molecule has 0 atom stereocenters. The lowest BCUT2D eigenvalue weighted by Crippen LogP contribution is -2.32. The molecule has 4 rings (SSSR count). The van der Waals surface area contributed by atoms with Gasteiger partial charge >= 0.3 is 0 Å². The average Bonchev–Trinajstić information content (AvgIpc) is 3.44. The summed E-state index contributed by atoms with van der Waals surface area (Å²) < 4.78 is 26.7. The van der Waals surface area contributed by atoms with Crippen LogP contribution in [0.2, 0.25) is 0 Å². The normalized spacial score (nSPS) is 18.5. The van der Waals surface area contributed by atoms with Crippen molar-refractivity contribution in [2.24, 2.45) is 5.10 Å². The van der Waals surface area contributed by atoms with Crippen LogP contribution in [0.1, 0.15) is 34.3 Å². The summed E-state index contributed by atoms with van der Waals surface area (Å²) in [5.41, 5.74) is 5.45. The van der Waals surface area contributed by atoms with Gasteiger partial charge in [0.25, 0.3) is 5.91 Å². The molecule has 2 saturated heterocycles. The number of amidine groups is 1. The summed E-state index contributed by atoms with van der Waals surface area (Å²) in [4.78, 5) is 26.7. The Kier molecular flexibility index (Phi) is 6.36. The summed E-state index contributed by atoms with van der Waals surface area (Å²) in [7, 11) is -3.53. The van der Waals surface area contributed by atoms with Crippen LogP contribution in [0, 0.1) is 13.8 Å². The monoisotopic (exact) mass is 472 g/mol. The number of carbonyl (C=O) groups is 2. The summed E-state index contributed by atoms with van der Waals surface area (Å²) >= 11 is 1.25. The Balaban J connectivity index is 1.50. The van der Waals surface area contributed by atoms with Crippen molar-refractivity contribution in [3.63, 3.8) is 0 Å². The van der Waals surface area contributed by atoms with E-state index in [0.29, 0.717) is 18.3 Å². The van der Waals surface area contributed by atoms with Crippen LogP contribution in [-0.4, -0.2) is 48.5 Å². The van der Waals surface area contributed by atoms with Crippen LogP contribution in [0.5, 0.6) is 0 Å². The van der Waals surface area contributed by atoms with E-state index in [2.05, 4.69) is 10.5 Å². The number of hydrazone groups is 1. The van der Waals surface area contributed by atoms with Gasteiger partial charge in [0.1, 0.15) is 0 Å². The molecule has 2 aliphatic heterocycles. The highest BCUT2D eigenvalue weighted by atomic mass is 32.2. The zero-order valence-electron chi connectivity index (χ0n) is 17.9. The number of nitrogens with one attached hydrogen (secondary N) is 1. The van der Waals surface area contributed by atoms with Gasteiger partial charge in [-0.05, 0) is 68.1 Å². The molecule has 8 nitrogen and oxygen atoms in total. The SMILES string of the molecule is Cc1ccc(C)c(N2C(=O)CS/C2=N/NC(=O)c2ccc(S(=O)(=O)N3CCCC3)cc2)c1. The van der Waals surface area contributed by atoms with Gasteiger partial charge in [-0.2, -0.15) is 4.31 Å². The number of aryl methyl sites for hydroxylation is 2. The second kappa shape index (κ2) is 9.05. The molecule has 0 aliphatic carbocycles. The van der Waals surface area contributed by atoms with Crippen LogP contribution >= 0.6 is 11.8 Å². The van der Waals surface area contributed by atoms with Crippen molar-refractivity contribution < 1.29 is 18.0 Å². The molecule has 1 N–H and O–H groups in total. The lowest BCUT2D eigenvalue weighted by molar-refractivity contribution is -0.115. The molecule has 2 aliphatic rings. The molecule has 2 aromatic rings. The summed E-state index contributed by atoms with van der Waals surface area (Å²) in [5, 5.41) is 4.57. The number of anilines is 1. The first-order chi connectivity index (χ1) is 15.3. The van der Waals surface area contributed by atoms with Gasteiger partial charge in [-0.1, -0.05) is 23.9 Å². The highest BCUT2D eigenvalue weighted by molar-refractivity contribution is 8.15. The molecule has 0 aromatic heterocycles. The Labute approximate surface area is 191 Å². The third-order valence-corrected chi connectivity index (χ3v) is 8.28. The van der Waals surface area contributed by atoms with Crippen molar-refractivity contribution in [3.8, 4) is 0 Å². The molecule has 0 radical (unpaired) electrons. The van der Waals surface area contributed by atoms with Gasteiger partial charge in [0.15, 0.2) is 5.17 Å². The quantitative estimate of drug-likeness (QED) is 0.675. The number of hydrogen-bond acceptors (Lipinski definition) is 6. The highest BCUT2D eigenvalue weighted by Gasteiger charge is 2.31. The van der Waals surface area contributed by atoms with Crippen LogP contribution in [0.3, 0.4) is 0 Å². The van der Waals surface area contributed by atoms with Crippen LogP contribution in [0.4, 0.5) is 5.69 Å². The standard InChI is InChI=1S/C22H24N4O4S2/c1-15-5-6-16(2)19(13-15)26-20(27)14-31-22(26)24-23-21(28)17-7-9-18(10-8-17)32(29,30)25-11-3-4-12-25/h5-10,13H,3-4,11-12,14H2,1-2H3,(H,23,28)/b24-22+.